The number of carbonyl (C=O) groups excluding carboxylic acids is 1. The molecule has 3 aromatic carbocycles. The van der Waals surface area contributed by atoms with Crippen molar-refractivity contribution < 1.29 is 14.5 Å². The third-order valence-electron chi connectivity index (χ3n) is 4.67. The maximum atomic E-state index is 12.5. The van der Waals surface area contributed by atoms with Gasteiger partial charge < -0.3 is 4.74 Å². The van der Waals surface area contributed by atoms with Gasteiger partial charge in [-0.15, -0.1) is 11.8 Å². The quantitative estimate of drug-likeness (QED) is 0.368. The summed E-state index contributed by atoms with van der Waals surface area (Å²) in [5.41, 5.74) is 2.64. The van der Waals surface area contributed by atoms with Crippen molar-refractivity contribution in [2.24, 2.45) is 0 Å². The second kappa shape index (κ2) is 8.77. The molecule has 3 aromatic rings. The Bertz CT molecular complexity index is 1070. The molecule has 1 aliphatic rings. The van der Waals surface area contributed by atoms with E-state index in [1.165, 1.54) is 12.1 Å². The molecule has 1 amide bonds. The van der Waals surface area contributed by atoms with E-state index in [4.69, 9.17) is 16.3 Å². The molecular formula is C22H17ClN2O4S. The van der Waals surface area contributed by atoms with Crippen LogP contribution >= 0.6 is 23.4 Å². The molecular weight excluding hydrogens is 424 g/mol. The number of rotatable bonds is 6. The highest BCUT2D eigenvalue weighted by molar-refractivity contribution is 8.00. The van der Waals surface area contributed by atoms with Gasteiger partial charge in [0.05, 0.1) is 10.7 Å². The number of ether oxygens (including phenoxy) is 1. The highest BCUT2D eigenvalue weighted by atomic mass is 35.5. The third kappa shape index (κ3) is 4.42. The predicted octanol–water partition coefficient (Wildman–Crippen LogP) is 5.61. The van der Waals surface area contributed by atoms with Crippen LogP contribution in [-0.4, -0.2) is 16.6 Å². The molecule has 0 aliphatic carbocycles. The highest BCUT2D eigenvalue weighted by Crippen LogP contribution is 2.42. The normalized spacial score (nSPS) is 16.0. The third-order valence-corrected chi connectivity index (χ3v) is 6.13. The van der Waals surface area contributed by atoms with Gasteiger partial charge in [-0.2, -0.15) is 0 Å². The van der Waals surface area contributed by atoms with Gasteiger partial charge in [0.15, 0.2) is 0 Å². The van der Waals surface area contributed by atoms with Crippen LogP contribution in [0.4, 0.5) is 11.4 Å². The minimum Gasteiger partial charge on any atom is -0.489 e. The van der Waals surface area contributed by atoms with Crippen LogP contribution in [0.5, 0.6) is 5.75 Å². The number of thioether (sulfide) groups is 1. The number of hydrogen-bond acceptors (Lipinski definition) is 5. The van der Waals surface area contributed by atoms with Crippen molar-refractivity contribution in [1.82, 2.24) is 0 Å². The number of hydrogen-bond donors (Lipinski definition) is 0. The molecule has 1 fully saturated rings. The Kier molecular flexibility index (Phi) is 5.92. The van der Waals surface area contributed by atoms with Gasteiger partial charge in [0, 0.05) is 22.8 Å². The van der Waals surface area contributed by atoms with E-state index in [-0.39, 0.29) is 17.0 Å². The van der Waals surface area contributed by atoms with E-state index in [1.807, 2.05) is 36.4 Å². The fourth-order valence-electron chi connectivity index (χ4n) is 3.19. The van der Waals surface area contributed by atoms with Gasteiger partial charge in [-0.1, -0.05) is 23.7 Å². The fourth-order valence-corrected chi connectivity index (χ4v) is 4.48. The minimum absolute atomic E-state index is 0.0459. The second-order valence-corrected chi connectivity index (χ2v) is 8.19. The summed E-state index contributed by atoms with van der Waals surface area (Å²) in [5.74, 6) is 1.12. The number of amides is 1. The Morgan fingerprint density at radius 2 is 1.83 bits per heavy atom. The SMILES string of the molecule is O=C1CS[C@@H](c2cccc(OCc3ccc([N+](=O)[O-])cc3)c2)N1c1ccc(Cl)cc1. The monoisotopic (exact) mass is 440 g/mol. The summed E-state index contributed by atoms with van der Waals surface area (Å²) >= 11 is 7.54. The Morgan fingerprint density at radius 3 is 2.53 bits per heavy atom. The Morgan fingerprint density at radius 1 is 1.10 bits per heavy atom. The van der Waals surface area contributed by atoms with E-state index < -0.39 is 4.92 Å². The standard InChI is InChI=1S/C22H17ClN2O4S/c23-17-6-10-18(11-7-17)24-21(26)14-30-22(24)16-2-1-3-20(12-16)29-13-15-4-8-19(9-5-15)25(27)28/h1-12,22H,13-14H2/t22-/m0/s1. The number of nitro benzene ring substituents is 1. The molecule has 1 atom stereocenters. The number of benzene rings is 3. The maximum absolute atomic E-state index is 12.5. The van der Waals surface area contributed by atoms with Crippen LogP contribution in [-0.2, 0) is 11.4 Å². The molecule has 8 heteroatoms. The van der Waals surface area contributed by atoms with E-state index in [0.29, 0.717) is 23.1 Å². The van der Waals surface area contributed by atoms with E-state index in [2.05, 4.69) is 0 Å². The number of non-ortho nitro benzene ring substituents is 1. The summed E-state index contributed by atoms with van der Waals surface area (Å²) < 4.78 is 5.88. The van der Waals surface area contributed by atoms with Crippen LogP contribution in [0, 0.1) is 10.1 Å². The topological polar surface area (TPSA) is 72.7 Å². The number of carbonyl (C=O) groups is 1. The average Bonchev–Trinajstić information content (AvgIpc) is 3.15. The summed E-state index contributed by atoms with van der Waals surface area (Å²) in [7, 11) is 0. The smallest absolute Gasteiger partial charge is 0.269 e. The Labute approximate surface area is 182 Å². The summed E-state index contributed by atoms with van der Waals surface area (Å²) in [5, 5.41) is 11.2. The van der Waals surface area contributed by atoms with Gasteiger partial charge in [0.2, 0.25) is 5.91 Å². The fraction of sp³-hybridized carbons (Fsp3) is 0.136. The zero-order chi connectivity index (χ0) is 21.1. The molecule has 0 aromatic heterocycles. The Balaban J connectivity index is 1.50. The van der Waals surface area contributed by atoms with Gasteiger partial charge in [-0.3, -0.25) is 19.8 Å². The van der Waals surface area contributed by atoms with E-state index in [1.54, 1.807) is 40.9 Å². The number of halogens is 1. The predicted molar refractivity (Wildman–Crippen MR) is 118 cm³/mol. The van der Waals surface area contributed by atoms with Crippen LogP contribution in [0.3, 0.4) is 0 Å². The lowest BCUT2D eigenvalue weighted by molar-refractivity contribution is -0.384. The first-order chi connectivity index (χ1) is 14.5. The molecule has 0 bridgehead atoms. The van der Waals surface area contributed by atoms with Crippen LogP contribution in [0.15, 0.2) is 72.8 Å². The molecule has 0 unspecified atom stereocenters. The molecule has 0 spiro atoms. The van der Waals surface area contributed by atoms with Crippen molar-refractivity contribution in [2.75, 3.05) is 10.7 Å². The van der Waals surface area contributed by atoms with E-state index >= 15 is 0 Å². The molecule has 0 saturated carbocycles. The number of nitro groups is 1. The molecule has 152 valence electrons. The molecule has 1 heterocycles. The number of anilines is 1. The summed E-state index contributed by atoms with van der Waals surface area (Å²) in [4.78, 5) is 24.6. The molecule has 0 N–H and O–H groups in total. The van der Waals surface area contributed by atoms with Crippen molar-refractivity contribution >= 4 is 40.6 Å². The first-order valence-electron chi connectivity index (χ1n) is 9.16. The average molecular weight is 441 g/mol. The van der Waals surface area contributed by atoms with Crippen LogP contribution in [0.2, 0.25) is 5.02 Å². The first-order valence-corrected chi connectivity index (χ1v) is 10.6. The molecule has 6 nitrogen and oxygen atoms in total. The van der Waals surface area contributed by atoms with Crippen molar-refractivity contribution in [1.29, 1.82) is 0 Å². The lowest BCUT2D eigenvalue weighted by Crippen LogP contribution is -2.27. The highest BCUT2D eigenvalue weighted by Gasteiger charge is 2.34. The molecule has 1 aliphatic heterocycles. The van der Waals surface area contributed by atoms with Gasteiger partial charge in [0.1, 0.15) is 17.7 Å². The van der Waals surface area contributed by atoms with Crippen LogP contribution in [0.25, 0.3) is 0 Å². The minimum atomic E-state index is -0.429. The maximum Gasteiger partial charge on any atom is 0.269 e. The lowest BCUT2D eigenvalue weighted by Gasteiger charge is -2.24. The van der Waals surface area contributed by atoms with Crippen LogP contribution in [0.1, 0.15) is 16.5 Å². The van der Waals surface area contributed by atoms with Crippen LogP contribution < -0.4 is 9.64 Å². The second-order valence-electron chi connectivity index (χ2n) is 6.69. The van der Waals surface area contributed by atoms with Crippen molar-refractivity contribution in [3.63, 3.8) is 0 Å². The Hall–Kier alpha value is -3.03. The van der Waals surface area contributed by atoms with Gasteiger partial charge in [-0.25, -0.2) is 0 Å². The van der Waals surface area contributed by atoms with Gasteiger partial charge >= 0.3 is 0 Å². The first kappa shape index (κ1) is 20.3. The molecule has 4 rings (SSSR count). The zero-order valence-electron chi connectivity index (χ0n) is 15.7. The van der Waals surface area contributed by atoms with Crippen molar-refractivity contribution in [2.45, 2.75) is 12.0 Å². The lowest BCUT2D eigenvalue weighted by atomic mass is 10.1. The summed E-state index contributed by atoms with van der Waals surface area (Å²) in [6, 6.07) is 21.1. The van der Waals surface area contributed by atoms with Gasteiger partial charge in [-0.05, 0) is 59.7 Å². The zero-order valence-corrected chi connectivity index (χ0v) is 17.3. The van der Waals surface area contributed by atoms with E-state index in [0.717, 1.165) is 16.8 Å². The number of nitrogens with zero attached hydrogens (tertiary/aromatic N) is 2. The van der Waals surface area contributed by atoms with Crippen molar-refractivity contribution in [3.05, 3.63) is 99.1 Å². The molecule has 1 saturated heterocycles. The van der Waals surface area contributed by atoms with Gasteiger partial charge in [0.25, 0.3) is 5.69 Å². The molecule has 30 heavy (non-hydrogen) atoms. The molecule has 0 radical (unpaired) electrons. The van der Waals surface area contributed by atoms with Crippen molar-refractivity contribution in [3.8, 4) is 5.75 Å². The van der Waals surface area contributed by atoms with E-state index in [9.17, 15) is 14.9 Å². The summed E-state index contributed by atoms with van der Waals surface area (Å²) in [6.07, 6.45) is 0. The summed E-state index contributed by atoms with van der Waals surface area (Å²) in [6.45, 7) is 0.291. The largest absolute Gasteiger partial charge is 0.489 e.